The molecule has 0 spiro atoms. The summed E-state index contributed by atoms with van der Waals surface area (Å²) < 4.78 is 0. The quantitative estimate of drug-likeness (QED) is 0.375. The van der Waals surface area contributed by atoms with Crippen molar-refractivity contribution in [3.63, 3.8) is 0 Å². The van der Waals surface area contributed by atoms with E-state index in [-0.39, 0.29) is 46.2 Å². The number of hydrogen-bond acceptors (Lipinski definition) is 5. The van der Waals surface area contributed by atoms with E-state index in [1.807, 2.05) is 0 Å². The smallest absolute Gasteiger partial charge is 0.545 e. The zero-order valence-electron chi connectivity index (χ0n) is 7.34. The first-order chi connectivity index (χ1) is 6.20. The molecule has 7 heteroatoms. The second-order valence-corrected chi connectivity index (χ2v) is 2.44. The Morgan fingerprint density at radius 1 is 1.50 bits per heavy atom. The summed E-state index contributed by atoms with van der Waals surface area (Å²) >= 11 is 0. The van der Waals surface area contributed by atoms with Gasteiger partial charge < -0.3 is 15.1 Å². The monoisotopic (exact) mass is 201 g/mol. The van der Waals surface area contributed by atoms with Crippen LogP contribution in [-0.2, 0) is 0 Å². The Kier molecular flexibility index (Phi) is 3.10. The SMILES string of the molecule is O=C([O-])c1cccc2c1nnn2O.[Na+]. The first kappa shape index (κ1) is 11.0. The first-order valence-corrected chi connectivity index (χ1v) is 3.45. The number of fused-ring (bicyclic) bond motifs is 1. The number of aromatic carboxylic acids is 1. The molecule has 14 heavy (non-hydrogen) atoms. The predicted molar refractivity (Wildman–Crippen MR) is 39.0 cm³/mol. The van der Waals surface area contributed by atoms with Gasteiger partial charge in [0.1, 0.15) is 11.0 Å². The third-order valence-electron chi connectivity index (χ3n) is 1.68. The van der Waals surface area contributed by atoms with Crippen LogP contribution in [-0.4, -0.2) is 26.3 Å². The molecule has 0 aliphatic heterocycles. The molecular weight excluding hydrogens is 197 g/mol. The summed E-state index contributed by atoms with van der Waals surface area (Å²) in [7, 11) is 0. The molecule has 1 aromatic carbocycles. The van der Waals surface area contributed by atoms with E-state index in [1.54, 1.807) is 0 Å². The summed E-state index contributed by atoms with van der Waals surface area (Å²) in [6.45, 7) is 0. The number of carbonyl (C=O) groups is 1. The predicted octanol–water partition coefficient (Wildman–Crippen LogP) is -3.96. The van der Waals surface area contributed by atoms with Crippen LogP contribution in [0.25, 0.3) is 11.0 Å². The summed E-state index contributed by atoms with van der Waals surface area (Å²) in [5.74, 6) is -1.34. The van der Waals surface area contributed by atoms with Crippen LogP contribution in [0, 0.1) is 0 Å². The molecule has 0 radical (unpaired) electrons. The number of carbonyl (C=O) groups excluding carboxylic acids is 1. The van der Waals surface area contributed by atoms with E-state index in [4.69, 9.17) is 5.21 Å². The van der Waals surface area contributed by atoms with E-state index in [1.165, 1.54) is 18.2 Å². The van der Waals surface area contributed by atoms with Crippen molar-refractivity contribution in [3.8, 4) is 0 Å². The number of nitrogens with zero attached hydrogens (tertiary/aromatic N) is 3. The summed E-state index contributed by atoms with van der Waals surface area (Å²) in [6, 6.07) is 4.32. The minimum atomic E-state index is -1.34. The largest absolute Gasteiger partial charge is 1.00 e. The molecule has 0 amide bonds. The molecule has 0 aliphatic carbocycles. The van der Waals surface area contributed by atoms with Crippen molar-refractivity contribution in [3.05, 3.63) is 23.8 Å². The number of aromatic nitrogens is 3. The van der Waals surface area contributed by atoms with Gasteiger partial charge in [-0.3, -0.25) is 0 Å². The molecule has 0 saturated carbocycles. The van der Waals surface area contributed by atoms with Gasteiger partial charge in [-0.25, -0.2) is 0 Å². The average Bonchev–Trinajstić information content (AvgIpc) is 2.48. The van der Waals surface area contributed by atoms with Crippen molar-refractivity contribution in [1.29, 1.82) is 0 Å². The molecule has 1 heterocycles. The van der Waals surface area contributed by atoms with E-state index in [0.29, 0.717) is 4.85 Å². The Labute approximate surface area is 100 Å². The van der Waals surface area contributed by atoms with Crippen LogP contribution in [0.4, 0.5) is 0 Å². The van der Waals surface area contributed by atoms with E-state index in [9.17, 15) is 9.90 Å². The van der Waals surface area contributed by atoms with Gasteiger partial charge >= 0.3 is 29.6 Å². The van der Waals surface area contributed by atoms with Gasteiger partial charge in [0.25, 0.3) is 0 Å². The Bertz CT molecular complexity index is 482. The minimum absolute atomic E-state index is 0. The van der Waals surface area contributed by atoms with Gasteiger partial charge in [0.15, 0.2) is 0 Å². The number of hydrogen-bond donors (Lipinski definition) is 1. The standard InChI is InChI=1S/C7H5N3O3.Na/c11-7(12)4-2-1-3-5-6(4)8-9-10(5)13;/h1-3,13H,(H,11,12);/q;+1/p-1. The maximum absolute atomic E-state index is 10.6. The van der Waals surface area contributed by atoms with E-state index >= 15 is 0 Å². The fraction of sp³-hybridized carbons (Fsp3) is 0. The van der Waals surface area contributed by atoms with Crippen molar-refractivity contribution in [1.82, 2.24) is 15.2 Å². The van der Waals surface area contributed by atoms with Crippen molar-refractivity contribution in [2.24, 2.45) is 0 Å². The molecule has 66 valence electrons. The molecule has 0 saturated heterocycles. The third-order valence-corrected chi connectivity index (χ3v) is 1.68. The summed E-state index contributed by atoms with van der Waals surface area (Å²) in [5, 5.41) is 26.4. The first-order valence-electron chi connectivity index (χ1n) is 3.45. The zero-order chi connectivity index (χ0) is 9.42. The van der Waals surface area contributed by atoms with E-state index in [2.05, 4.69) is 10.3 Å². The molecule has 2 rings (SSSR count). The van der Waals surface area contributed by atoms with E-state index in [0.717, 1.165) is 0 Å². The third kappa shape index (κ3) is 1.59. The molecule has 0 fully saturated rings. The second-order valence-electron chi connectivity index (χ2n) is 2.44. The molecule has 6 nitrogen and oxygen atoms in total. The van der Waals surface area contributed by atoms with Gasteiger partial charge in [0.2, 0.25) is 0 Å². The van der Waals surface area contributed by atoms with Crippen LogP contribution in [0.15, 0.2) is 18.2 Å². The molecule has 0 aliphatic rings. The zero-order valence-corrected chi connectivity index (χ0v) is 9.34. The Balaban J connectivity index is 0.000000980. The van der Waals surface area contributed by atoms with Crippen LogP contribution in [0.5, 0.6) is 0 Å². The number of rotatable bonds is 1. The summed E-state index contributed by atoms with van der Waals surface area (Å²) in [6.07, 6.45) is 0. The molecule has 1 N–H and O–H groups in total. The fourth-order valence-corrected chi connectivity index (χ4v) is 1.10. The van der Waals surface area contributed by atoms with Crippen molar-refractivity contribution >= 4 is 17.0 Å². The van der Waals surface area contributed by atoms with Crippen molar-refractivity contribution in [2.75, 3.05) is 0 Å². The molecule has 0 bridgehead atoms. The second kappa shape index (κ2) is 3.95. The maximum Gasteiger partial charge on any atom is 1.00 e. The van der Waals surface area contributed by atoms with Crippen LogP contribution in [0.3, 0.4) is 0 Å². The van der Waals surface area contributed by atoms with Crippen LogP contribution in [0.2, 0.25) is 0 Å². The summed E-state index contributed by atoms with van der Waals surface area (Å²) in [4.78, 5) is 11.1. The number of carboxylic acid groups (broad SMARTS) is 1. The van der Waals surface area contributed by atoms with Gasteiger partial charge in [0.05, 0.1) is 5.97 Å². The van der Waals surface area contributed by atoms with Crippen molar-refractivity contribution in [2.45, 2.75) is 0 Å². The topological polar surface area (TPSA) is 91.1 Å². The normalized spacial score (nSPS) is 9.71. The molecule has 0 atom stereocenters. The molecule has 2 aromatic rings. The van der Waals surface area contributed by atoms with Crippen LogP contribution >= 0.6 is 0 Å². The van der Waals surface area contributed by atoms with Gasteiger partial charge in [-0.05, 0) is 11.3 Å². The van der Waals surface area contributed by atoms with Gasteiger partial charge in [0, 0.05) is 5.56 Å². The Morgan fingerprint density at radius 3 is 2.86 bits per heavy atom. The van der Waals surface area contributed by atoms with Crippen molar-refractivity contribution < 1.29 is 44.7 Å². The van der Waals surface area contributed by atoms with Gasteiger partial charge in [-0.1, -0.05) is 17.0 Å². The molecular formula is C7H4N3NaO3. The van der Waals surface area contributed by atoms with E-state index < -0.39 is 5.97 Å². The van der Waals surface area contributed by atoms with Gasteiger partial charge in [-0.2, -0.15) is 0 Å². The Morgan fingerprint density at radius 2 is 2.21 bits per heavy atom. The average molecular weight is 201 g/mol. The number of carboxylic acids is 1. The van der Waals surface area contributed by atoms with Crippen LogP contribution in [0.1, 0.15) is 10.4 Å². The minimum Gasteiger partial charge on any atom is -0.545 e. The summed E-state index contributed by atoms with van der Waals surface area (Å²) in [5.41, 5.74) is 0.268. The van der Waals surface area contributed by atoms with Gasteiger partial charge in [-0.15, -0.1) is 5.10 Å². The Hall–Kier alpha value is -1.11. The maximum atomic E-state index is 10.6. The molecule has 0 unspecified atom stereocenters. The number of benzene rings is 1. The fourth-order valence-electron chi connectivity index (χ4n) is 1.10. The van der Waals surface area contributed by atoms with Crippen LogP contribution < -0.4 is 34.7 Å². The molecule has 1 aromatic heterocycles.